The van der Waals surface area contributed by atoms with E-state index in [1.165, 1.54) is 0 Å². The molecule has 2 aromatic rings. The number of hydrogen-bond donors (Lipinski definition) is 1. The Morgan fingerprint density at radius 1 is 1.48 bits per heavy atom. The highest BCUT2D eigenvalue weighted by Gasteiger charge is 2.17. The van der Waals surface area contributed by atoms with Crippen LogP contribution in [0.25, 0.3) is 11.0 Å². The van der Waals surface area contributed by atoms with Gasteiger partial charge in [-0.1, -0.05) is 0 Å². The second-order valence-corrected chi connectivity index (χ2v) is 5.86. The van der Waals surface area contributed by atoms with Gasteiger partial charge in [0.25, 0.3) is 0 Å². The normalized spacial score (nSPS) is 12.4. The van der Waals surface area contributed by atoms with Crippen molar-refractivity contribution in [2.45, 2.75) is 38.7 Å². The number of benzene rings is 1. The van der Waals surface area contributed by atoms with Gasteiger partial charge in [-0.15, -0.1) is 11.6 Å². The largest absolute Gasteiger partial charge is 0.352 e. The molecule has 1 amide bonds. The van der Waals surface area contributed by atoms with Crippen LogP contribution in [0.15, 0.2) is 18.2 Å². The van der Waals surface area contributed by atoms with Crippen molar-refractivity contribution < 1.29 is 4.79 Å². The van der Waals surface area contributed by atoms with E-state index >= 15 is 0 Å². The molecule has 0 radical (unpaired) electrons. The molecule has 0 aliphatic heterocycles. The minimum Gasteiger partial charge on any atom is -0.352 e. The molecule has 1 N–H and O–H groups in total. The summed E-state index contributed by atoms with van der Waals surface area (Å²) in [5, 5.41) is 11.5. The van der Waals surface area contributed by atoms with Crippen LogP contribution in [0.3, 0.4) is 0 Å². The van der Waals surface area contributed by atoms with Gasteiger partial charge in [-0.05, 0) is 39.0 Å². The van der Waals surface area contributed by atoms with Crippen LogP contribution in [0, 0.1) is 11.3 Å². The van der Waals surface area contributed by atoms with Crippen molar-refractivity contribution in [1.29, 1.82) is 5.26 Å². The Labute approximate surface area is 128 Å². The number of amides is 1. The molecule has 1 heterocycles. The number of nitriles is 1. The molecule has 2 rings (SSSR count). The molecule has 0 aliphatic rings. The first-order valence-electron chi connectivity index (χ1n) is 6.76. The van der Waals surface area contributed by atoms with Gasteiger partial charge >= 0.3 is 0 Å². The van der Waals surface area contributed by atoms with Crippen molar-refractivity contribution in [1.82, 2.24) is 14.9 Å². The molecule has 0 spiro atoms. The first kappa shape index (κ1) is 15.3. The minimum atomic E-state index is -0.324. The number of aromatic nitrogens is 2. The summed E-state index contributed by atoms with van der Waals surface area (Å²) in [5.74, 6) is 0.519. The smallest absolute Gasteiger partial charge is 0.240 e. The number of alkyl halides is 1. The van der Waals surface area contributed by atoms with Gasteiger partial charge in [-0.25, -0.2) is 4.98 Å². The molecule has 0 saturated carbocycles. The predicted molar refractivity (Wildman–Crippen MR) is 82.0 cm³/mol. The lowest BCUT2D eigenvalue weighted by Gasteiger charge is -2.12. The van der Waals surface area contributed by atoms with Crippen molar-refractivity contribution in [2.24, 2.45) is 0 Å². The zero-order chi connectivity index (χ0) is 15.6. The van der Waals surface area contributed by atoms with Crippen LogP contribution in [-0.2, 0) is 11.3 Å². The Kier molecular flexibility index (Phi) is 4.49. The average molecular weight is 305 g/mol. The van der Waals surface area contributed by atoms with Crippen LogP contribution < -0.4 is 5.32 Å². The Morgan fingerprint density at radius 2 is 2.19 bits per heavy atom. The van der Waals surface area contributed by atoms with Gasteiger partial charge in [-0.2, -0.15) is 5.26 Å². The van der Waals surface area contributed by atoms with Crippen molar-refractivity contribution in [2.75, 3.05) is 0 Å². The summed E-state index contributed by atoms with van der Waals surface area (Å²) in [6.45, 7) is 5.76. The predicted octanol–water partition coefficient (Wildman–Crippen LogP) is 2.73. The maximum Gasteiger partial charge on any atom is 0.240 e. The van der Waals surface area contributed by atoms with Crippen LogP contribution in [0.5, 0.6) is 0 Å². The lowest BCUT2D eigenvalue weighted by Crippen LogP contribution is -2.33. The second-order valence-electron chi connectivity index (χ2n) is 5.21. The molecule has 1 aromatic heterocycles. The maximum atomic E-state index is 12.0. The molecule has 1 aromatic carbocycles. The van der Waals surface area contributed by atoms with Gasteiger partial charge in [0.05, 0.1) is 28.0 Å². The molecule has 0 aliphatic carbocycles. The van der Waals surface area contributed by atoms with Gasteiger partial charge in [0.2, 0.25) is 5.91 Å². The highest BCUT2D eigenvalue weighted by molar-refractivity contribution is 6.20. The lowest BCUT2D eigenvalue weighted by atomic mass is 10.2. The van der Waals surface area contributed by atoms with E-state index in [0.717, 1.165) is 11.0 Å². The number of carbonyl (C=O) groups is 1. The Morgan fingerprint density at radius 3 is 2.76 bits per heavy atom. The third-order valence-electron chi connectivity index (χ3n) is 3.01. The number of nitrogens with one attached hydrogen (secondary N) is 1. The van der Waals surface area contributed by atoms with Crippen molar-refractivity contribution >= 4 is 28.5 Å². The fraction of sp³-hybridized carbons (Fsp3) is 0.400. The number of halogens is 1. The molecule has 6 heteroatoms. The summed E-state index contributed by atoms with van der Waals surface area (Å²) in [7, 11) is 0. The van der Waals surface area contributed by atoms with Gasteiger partial charge in [0.1, 0.15) is 12.4 Å². The van der Waals surface area contributed by atoms with Gasteiger partial charge < -0.3 is 9.88 Å². The van der Waals surface area contributed by atoms with Crippen LogP contribution in [0.2, 0.25) is 0 Å². The van der Waals surface area contributed by atoms with Crippen LogP contribution in [-0.4, -0.2) is 21.5 Å². The number of imidazole rings is 1. The number of fused-ring (bicyclic) bond motifs is 1. The van der Waals surface area contributed by atoms with E-state index in [-0.39, 0.29) is 23.9 Å². The summed E-state index contributed by atoms with van der Waals surface area (Å²) in [5.41, 5.74) is 2.01. The molecule has 0 saturated heterocycles. The van der Waals surface area contributed by atoms with Crippen molar-refractivity contribution in [3.63, 3.8) is 0 Å². The molecule has 0 fully saturated rings. The molecule has 1 unspecified atom stereocenters. The summed E-state index contributed by atoms with van der Waals surface area (Å²) in [4.78, 5) is 16.5. The van der Waals surface area contributed by atoms with Crippen LogP contribution in [0.1, 0.15) is 37.5 Å². The number of hydrogen-bond acceptors (Lipinski definition) is 3. The van der Waals surface area contributed by atoms with E-state index in [0.29, 0.717) is 11.4 Å². The van der Waals surface area contributed by atoms with Gasteiger partial charge in [0, 0.05) is 6.04 Å². The summed E-state index contributed by atoms with van der Waals surface area (Å²) in [6, 6.07) is 7.37. The Bertz CT molecular complexity index is 712. The standard InChI is InChI=1S/C15H17ClN4O/c1-9(2)18-14(21)8-20-13-6-11(7-17)4-5-12(13)19-15(20)10(3)16/h4-6,9-10H,8H2,1-3H3,(H,18,21). The fourth-order valence-corrected chi connectivity index (χ4v) is 2.36. The first-order chi connectivity index (χ1) is 9.92. The lowest BCUT2D eigenvalue weighted by molar-refractivity contribution is -0.122. The zero-order valence-corrected chi connectivity index (χ0v) is 13.0. The topological polar surface area (TPSA) is 70.7 Å². The van der Waals surface area contributed by atoms with Gasteiger partial charge in [0.15, 0.2) is 0 Å². The molecule has 0 bridgehead atoms. The van der Waals surface area contributed by atoms with Crippen LogP contribution in [0.4, 0.5) is 0 Å². The minimum absolute atomic E-state index is 0.0684. The van der Waals surface area contributed by atoms with Crippen LogP contribution >= 0.6 is 11.6 Å². The number of nitrogens with zero attached hydrogens (tertiary/aromatic N) is 3. The Balaban J connectivity index is 2.49. The van der Waals surface area contributed by atoms with E-state index in [2.05, 4.69) is 16.4 Å². The van der Waals surface area contributed by atoms with E-state index < -0.39 is 0 Å². The fourth-order valence-electron chi connectivity index (χ4n) is 2.19. The van der Waals surface area contributed by atoms with Gasteiger partial charge in [-0.3, -0.25) is 4.79 Å². The first-order valence-corrected chi connectivity index (χ1v) is 7.19. The summed E-state index contributed by atoms with van der Waals surface area (Å²) >= 11 is 6.16. The zero-order valence-electron chi connectivity index (χ0n) is 12.2. The average Bonchev–Trinajstić information content (AvgIpc) is 2.76. The molecule has 5 nitrogen and oxygen atoms in total. The number of carbonyl (C=O) groups excluding carboxylic acids is 1. The molecule has 110 valence electrons. The second kappa shape index (κ2) is 6.15. The summed E-state index contributed by atoms with van der Waals surface area (Å²) in [6.07, 6.45) is 0. The van der Waals surface area contributed by atoms with Crippen molar-refractivity contribution in [3.8, 4) is 6.07 Å². The summed E-state index contributed by atoms with van der Waals surface area (Å²) < 4.78 is 1.77. The quantitative estimate of drug-likeness (QED) is 0.883. The van der Waals surface area contributed by atoms with E-state index in [4.69, 9.17) is 16.9 Å². The molecular weight excluding hydrogens is 288 g/mol. The van der Waals surface area contributed by atoms with E-state index in [1.807, 2.05) is 20.8 Å². The SMILES string of the molecule is CC(C)NC(=O)Cn1c(C(C)Cl)nc2ccc(C#N)cc21. The highest BCUT2D eigenvalue weighted by Crippen LogP contribution is 2.25. The third kappa shape index (κ3) is 3.34. The van der Waals surface area contributed by atoms with Crippen molar-refractivity contribution in [3.05, 3.63) is 29.6 Å². The number of rotatable bonds is 4. The molecular formula is C15H17ClN4O. The maximum absolute atomic E-state index is 12.0. The third-order valence-corrected chi connectivity index (χ3v) is 3.21. The van der Waals surface area contributed by atoms with E-state index in [1.54, 1.807) is 22.8 Å². The molecule has 21 heavy (non-hydrogen) atoms. The monoisotopic (exact) mass is 304 g/mol. The Hall–Kier alpha value is -2.06. The molecule has 1 atom stereocenters. The highest BCUT2D eigenvalue weighted by atomic mass is 35.5. The van der Waals surface area contributed by atoms with E-state index in [9.17, 15) is 4.79 Å².